The molecule has 0 aromatic heterocycles. The molecule has 0 nitrogen and oxygen atoms in total. The predicted octanol–water partition coefficient (Wildman–Crippen LogP) is 8.51. The van der Waals surface area contributed by atoms with E-state index in [1.807, 2.05) is 12.1 Å². The summed E-state index contributed by atoms with van der Waals surface area (Å²) in [4.78, 5) is 0. The normalized spacial score (nSPS) is 11.5. The molecule has 0 amide bonds. The first-order valence-corrected chi connectivity index (χ1v) is 11.6. The maximum atomic E-state index is 6.37. The second-order valence-electron chi connectivity index (χ2n) is 8.30. The van der Waals surface area contributed by atoms with E-state index in [4.69, 9.17) is 11.6 Å². The topological polar surface area (TPSA) is 0 Å². The Labute approximate surface area is 201 Å². The van der Waals surface area contributed by atoms with Crippen molar-refractivity contribution < 1.29 is 0 Å². The summed E-state index contributed by atoms with van der Waals surface area (Å²) in [6.07, 6.45) is 0. The van der Waals surface area contributed by atoms with Crippen molar-refractivity contribution in [2.45, 2.75) is 11.3 Å². The molecule has 0 aliphatic carbocycles. The molecule has 0 radical (unpaired) electrons. The van der Waals surface area contributed by atoms with Crippen molar-refractivity contribution in [2.75, 3.05) is 0 Å². The number of hydrogen-bond donors (Lipinski definition) is 0. The van der Waals surface area contributed by atoms with Crippen LogP contribution in [0.5, 0.6) is 0 Å². The van der Waals surface area contributed by atoms with E-state index in [0.717, 1.165) is 5.02 Å². The van der Waals surface area contributed by atoms with E-state index in [1.54, 1.807) is 0 Å². The summed E-state index contributed by atoms with van der Waals surface area (Å²) in [5, 5.41) is 0.741. The van der Waals surface area contributed by atoms with E-state index >= 15 is 0 Å². The van der Waals surface area contributed by atoms with Crippen LogP contribution in [0.25, 0.3) is 0 Å². The van der Waals surface area contributed by atoms with Gasteiger partial charge in [0.25, 0.3) is 0 Å². The molecule has 0 aliphatic heterocycles. The van der Waals surface area contributed by atoms with E-state index in [0.29, 0.717) is 0 Å². The average Bonchev–Trinajstić information content (AvgIpc) is 2.90. The lowest BCUT2D eigenvalue weighted by Gasteiger charge is -2.43. The molecule has 0 heterocycles. The Morgan fingerprint density at radius 2 is 0.727 bits per heavy atom. The Kier molecular flexibility index (Phi) is 6.11. The summed E-state index contributed by atoms with van der Waals surface area (Å²) in [6.45, 7) is 0. The van der Waals surface area contributed by atoms with Crippen LogP contribution in [-0.2, 0) is 5.41 Å². The zero-order valence-electron chi connectivity index (χ0n) is 18.3. The van der Waals surface area contributed by atoms with Gasteiger partial charge in [-0.1, -0.05) is 145 Å². The van der Waals surface area contributed by atoms with Crippen molar-refractivity contribution in [3.63, 3.8) is 0 Å². The molecule has 0 N–H and O–H groups in total. The highest BCUT2D eigenvalue weighted by atomic mass is 35.5. The van der Waals surface area contributed by atoms with Crippen LogP contribution in [0.2, 0.25) is 5.02 Å². The monoisotopic (exact) mass is 444 g/mol. The summed E-state index contributed by atoms with van der Waals surface area (Å²) in [6, 6.07) is 51.8. The largest absolute Gasteiger partial charge is 0.0843 e. The van der Waals surface area contributed by atoms with E-state index < -0.39 is 5.41 Å². The minimum Gasteiger partial charge on any atom is -0.0843 e. The van der Waals surface area contributed by atoms with Gasteiger partial charge < -0.3 is 0 Å². The van der Waals surface area contributed by atoms with Gasteiger partial charge in [0.2, 0.25) is 0 Å². The van der Waals surface area contributed by atoms with Gasteiger partial charge in [-0.05, 0) is 39.9 Å². The Morgan fingerprint density at radius 1 is 0.394 bits per heavy atom. The summed E-state index contributed by atoms with van der Waals surface area (Å²) in [5.74, 6) is 0.0471. The zero-order valence-corrected chi connectivity index (χ0v) is 19.1. The molecule has 5 aromatic carbocycles. The molecule has 0 saturated heterocycles. The molecule has 0 bridgehead atoms. The van der Waals surface area contributed by atoms with Crippen LogP contribution in [0.4, 0.5) is 0 Å². The van der Waals surface area contributed by atoms with Crippen molar-refractivity contribution in [3.8, 4) is 0 Å². The molecule has 33 heavy (non-hydrogen) atoms. The van der Waals surface area contributed by atoms with Crippen molar-refractivity contribution in [1.29, 1.82) is 0 Å². The third kappa shape index (κ3) is 3.99. The van der Waals surface area contributed by atoms with Crippen molar-refractivity contribution in [2.24, 2.45) is 0 Å². The fourth-order valence-electron chi connectivity index (χ4n) is 5.10. The Morgan fingerprint density at radius 3 is 1.12 bits per heavy atom. The Bertz CT molecular complexity index is 1200. The number of benzene rings is 5. The van der Waals surface area contributed by atoms with Crippen LogP contribution in [0, 0.1) is 0 Å². The standard InChI is InChI=1S/C32H25Cl/c33-30-23-21-29(22-24-30)32(27-17-9-3-10-18-27,28-19-11-4-12-20-28)31(25-13-5-1-6-14-25)26-15-7-2-8-16-26/h1-24,31H. The molecule has 5 aromatic rings. The van der Waals surface area contributed by atoms with Gasteiger partial charge in [0.05, 0.1) is 5.41 Å². The summed E-state index contributed by atoms with van der Waals surface area (Å²) in [5.41, 5.74) is 5.78. The highest BCUT2D eigenvalue weighted by Crippen LogP contribution is 2.52. The summed E-state index contributed by atoms with van der Waals surface area (Å²) >= 11 is 6.37. The minimum atomic E-state index is -0.462. The van der Waals surface area contributed by atoms with E-state index in [2.05, 4.69) is 133 Å². The van der Waals surface area contributed by atoms with Gasteiger partial charge in [-0.3, -0.25) is 0 Å². The van der Waals surface area contributed by atoms with Crippen LogP contribution in [0.3, 0.4) is 0 Å². The lowest BCUT2D eigenvalue weighted by molar-refractivity contribution is 0.537. The molecule has 0 aliphatic rings. The molecule has 0 unspecified atom stereocenters. The van der Waals surface area contributed by atoms with Gasteiger partial charge in [0.15, 0.2) is 0 Å². The second kappa shape index (κ2) is 9.48. The Balaban J connectivity index is 1.94. The molecular formula is C32H25Cl. The van der Waals surface area contributed by atoms with Crippen LogP contribution < -0.4 is 0 Å². The summed E-state index contributed by atoms with van der Waals surface area (Å²) < 4.78 is 0. The molecule has 1 heteroatoms. The minimum absolute atomic E-state index is 0.0471. The van der Waals surface area contributed by atoms with Crippen molar-refractivity contribution in [3.05, 3.63) is 178 Å². The first kappa shape index (κ1) is 21.2. The van der Waals surface area contributed by atoms with E-state index in [9.17, 15) is 0 Å². The molecule has 160 valence electrons. The maximum Gasteiger partial charge on any atom is 0.0560 e. The highest BCUT2D eigenvalue weighted by Gasteiger charge is 2.45. The van der Waals surface area contributed by atoms with Crippen LogP contribution in [0.15, 0.2) is 146 Å². The first-order valence-electron chi connectivity index (χ1n) is 11.3. The van der Waals surface area contributed by atoms with Gasteiger partial charge in [-0.15, -0.1) is 0 Å². The highest BCUT2D eigenvalue weighted by molar-refractivity contribution is 6.30. The Hall–Kier alpha value is -3.61. The van der Waals surface area contributed by atoms with Crippen molar-refractivity contribution in [1.82, 2.24) is 0 Å². The lowest BCUT2D eigenvalue weighted by atomic mass is 9.58. The molecular weight excluding hydrogens is 420 g/mol. The molecule has 5 rings (SSSR count). The van der Waals surface area contributed by atoms with E-state index in [1.165, 1.54) is 27.8 Å². The summed E-state index contributed by atoms with van der Waals surface area (Å²) in [7, 11) is 0. The van der Waals surface area contributed by atoms with Gasteiger partial charge in [0, 0.05) is 10.9 Å². The van der Waals surface area contributed by atoms with E-state index in [-0.39, 0.29) is 5.92 Å². The fourth-order valence-corrected chi connectivity index (χ4v) is 5.22. The maximum absolute atomic E-state index is 6.37. The van der Waals surface area contributed by atoms with Gasteiger partial charge >= 0.3 is 0 Å². The van der Waals surface area contributed by atoms with Gasteiger partial charge in [0.1, 0.15) is 0 Å². The number of rotatable bonds is 6. The average molecular weight is 445 g/mol. The van der Waals surface area contributed by atoms with Crippen LogP contribution in [0.1, 0.15) is 33.7 Å². The van der Waals surface area contributed by atoms with Gasteiger partial charge in [-0.25, -0.2) is 0 Å². The zero-order chi connectivity index (χ0) is 22.5. The van der Waals surface area contributed by atoms with Crippen molar-refractivity contribution >= 4 is 11.6 Å². The quantitative estimate of drug-likeness (QED) is 0.230. The number of halogens is 1. The van der Waals surface area contributed by atoms with Crippen LogP contribution >= 0.6 is 11.6 Å². The molecule has 0 saturated carbocycles. The third-order valence-corrected chi connectivity index (χ3v) is 6.71. The van der Waals surface area contributed by atoms with Crippen LogP contribution in [-0.4, -0.2) is 0 Å². The molecule has 0 spiro atoms. The fraction of sp³-hybridized carbons (Fsp3) is 0.0625. The van der Waals surface area contributed by atoms with Gasteiger partial charge in [-0.2, -0.15) is 0 Å². The smallest absolute Gasteiger partial charge is 0.0560 e. The molecule has 0 fully saturated rings. The molecule has 0 atom stereocenters. The lowest BCUT2D eigenvalue weighted by Crippen LogP contribution is -2.37. The number of hydrogen-bond acceptors (Lipinski definition) is 0. The SMILES string of the molecule is Clc1ccc(C(c2ccccc2)(c2ccccc2)C(c2ccccc2)c2ccccc2)cc1. The first-order chi connectivity index (χ1) is 16.3. The second-order valence-corrected chi connectivity index (χ2v) is 8.74. The predicted molar refractivity (Wildman–Crippen MR) is 139 cm³/mol. The third-order valence-electron chi connectivity index (χ3n) is 6.46.